The van der Waals surface area contributed by atoms with Crippen molar-refractivity contribution >= 4 is 12.2 Å². The molecule has 7 nitrogen and oxygen atoms in total. The van der Waals surface area contributed by atoms with E-state index in [9.17, 15) is 19.8 Å². The van der Waals surface area contributed by atoms with Crippen LogP contribution in [0.4, 0.5) is 0 Å². The first-order valence-corrected chi connectivity index (χ1v) is 4.32. The number of amides is 1. The maximum Gasteiger partial charge on any atom is 0.216 e. The van der Waals surface area contributed by atoms with Crippen LogP contribution in [0.2, 0.25) is 0 Å². The van der Waals surface area contributed by atoms with E-state index in [2.05, 4.69) is 5.32 Å². The summed E-state index contributed by atoms with van der Waals surface area (Å²) in [5, 5.41) is 38.6. The normalized spacial score (nSPS) is 18.7. The van der Waals surface area contributed by atoms with E-state index in [1.165, 1.54) is 6.92 Å². The number of rotatable bonds is 6. The van der Waals surface area contributed by atoms with Crippen LogP contribution >= 0.6 is 0 Å². The molecule has 7 heteroatoms. The fourth-order valence-corrected chi connectivity index (χ4v) is 0.879. The molecule has 1 amide bonds. The third-order valence-corrected chi connectivity index (χ3v) is 1.79. The van der Waals surface area contributed by atoms with Crippen molar-refractivity contribution in [1.29, 1.82) is 0 Å². The molecule has 4 unspecified atom stereocenters. The van der Waals surface area contributed by atoms with Crippen molar-refractivity contribution in [2.45, 2.75) is 31.3 Å². The summed E-state index contributed by atoms with van der Waals surface area (Å²) in [6, 6.07) is 0. The minimum Gasteiger partial charge on any atom is -0.388 e. The number of hydrogen-bond donors (Lipinski definition) is 5. The number of carbonyl (C=O) groups is 2. The summed E-state index contributed by atoms with van der Waals surface area (Å²) in [7, 11) is 0. The smallest absolute Gasteiger partial charge is 0.216 e. The molecule has 0 aliphatic rings. The molecule has 0 rings (SSSR count). The molecular weight excluding hydrogens is 206 g/mol. The Hall–Kier alpha value is -1.02. The Balaban J connectivity index is 4.11. The minimum atomic E-state index is -1.79. The highest BCUT2D eigenvalue weighted by molar-refractivity contribution is 5.72. The molecule has 0 aliphatic carbocycles. The first kappa shape index (κ1) is 14.0. The van der Waals surface area contributed by atoms with Gasteiger partial charge in [-0.05, 0) is 0 Å². The Bertz CT molecular complexity index is 221. The molecule has 0 spiro atoms. The van der Waals surface area contributed by atoms with E-state index < -0.39 is 30.3 Å². The number of aldehydes is 1. The maximum absolute atomic E-state index is 10.5. The van der Waals surface area contributed by atoms with Gasteiger partial charge in [0.25, 0.3) is 0 Å². The Labute approximate surface area is 86.3 Å². The van der Waals surface area contributed by atoms with Gasteiger partial charge in [-0.15, -0.1) is 0 Å². The lowest BCUT2D eigenvalue weighted by molar-refractivity contribution is -0.134. The average Bonchev–Trinajstić information content (AvgIpc) is 2.22. The standard InChI is InChI=1S/C8H15NO6/c1-4(11)9-2-5(12)7(14)8(15)6(13)3-10/h3,5-8,12-15H,2H2,1H3,(H,9,11). The van der Waals surface area contributed by atoms with Gasteiger partial charge in [0, 0.05) is 13.5 Å². The molecule has 0 saturated heterocycles. The first-order chi connectivity index (χ1) is 6.90. The molecule has 0 aromatic heterocycles. The number of aliphatic hydroxyl groups is 4. The highest BCUT2D eigenvalue weighted by atomic mass is 16.4. The van der Waals surface area contributed by atoms with Crippen LogP contribution < -0.4 is 5.32 Å². The van der Waals surface area contributed by atoms with Gasteiger partial charge >= 0.3 is 0 Å². The van der Waals surface area contributed by atoms with Crippen LogP contribution in [0, 0.1) is 0 Å². The van der Waals surface area contributed by atoms with Gasteiger partial charge in [0.05, 0.1) is 6.10 Å². The lowest BCUT2D eigenvalue weighted by Gasteiger charge is -2.24. The highest BCUT2D eigenvalue weighted by Crippen LogP contribution is 2.03. The van der Waals surface area contributed by atoms with Gasteiger partial charge in [-0.1, -0.05) is 0 Å². The van der Waals surface area contributed by atoms with Crippen LogP contribution in [0.25, 0.3) is 0 Å². The summed E-state index contributed by atoms with van der Waals surface area (Å²) in [6.07, 6.45) is -6.69. The molecule has 0 aromatic carbocycles. The van der Waals surface area contributed by atoms with Gasteiger partial charge in [0.15, 0.2) is 6.29 Å². The van der Waals surface area contributed by atoms with E-state index in [1.807, 2.05) is 0 Å². The van der Waals surface area contributed by atoms with Crippen molar-refractivity contribution in [3.8, 4) is 0 Å². The van der Waals surface area contributed by atoms with Crippen LogP contribution in [0.5, 0.6) is 0 Å². The van der Waals surface area contributed by atoms with Crippen molar-refractivity contribution in [2.75, 3.05) is 6.54 Å². The molecule has 0 fully saturated rings. The molecule has 0 aliphatic heterocycles. The van der Waals surface area contributed by atoms with Crippen molar-refractivity contribution in [2.24, 2.45) is 0 Å². The molecular formula is C8H15NO6. The van der Waals surface area contributed by atoms with E-state index in [0.717, 1.165) is 0 Å². The van der Waals surface area contributed by atoms with E-state index in [0.29, 0.717) is 0 Å². The molecule has 5 N–H and O–H groups in total. The van der Waals surface area contributed by atoms with Crippen LogP contribution in [-0.2, 0) is 9.59 Å². The quantitative estimate of drug-likeness (QED) is 0.300. The summed E-state index contributed by atoms with van der Waals surface area (Å²) < 4.78 is 0. The van der Waals surface area contributed by atoms with Gasteiger partial charge in [-0.2, -0.15) is 0 Å². The topological polar surface area (TPSA) is 127 Å². The molecule has 15 heavy (non-hydrogen) atoms. The molecule has 0 heterocycles. The lowest BCUT2D eigenvalue weighted by atomic mass is 10.0. The van der Waals surface area contributed by atoms with Gasteiger partial charge < -0.3 is 30.5 Å². The average molecular weight is 221 g/mol. The minimum absolute atomic E-state index is 0.0407. The Morgan fingerprint density at radius 2 is 1.80 bits per heavy atom. The van der Waals surface area contributed by atoms with Gasteiger partial charge in [-0.25, -0.2) is 0 Å². The van der Waals surface area contributed by atoms with E-state index >= 15 is 0 Å². The number of aliphatic hydroxyl groups excluding tert-OH is 4. The SMILES string of the molecule is CC(=O)NCC(O)C(O)C(O)C(O)C=O. The van der Waals surface area contributed by atoms with Gasteiger partial charge in [-0.3, -0.25) is 4.79 Å². The molecule has 0 radical (unpaired) electrons. The fraction of sp³-hybridized carbons (Fsp3) is 0.750. The first-order valence-electron chi connectivity index (χ1n) is 4.32. The number of hydrogen-bond acceptors (Lipinski definition) is 6. The van der Waals surface area contributed by atoms with Crippen LogP contribution in [-0.4, -0.2) is 63.6 Å². The second-order valence-electron chi connectivity index (χ2n) is 3.11. The third-order valence-electron chi connectivity index (χ3n) is 1.79. The molecule has 4 atom stereocenters. The van der Waals surface area contributed by atoms with Crippen molar-refractivity contribution < 1.29 is 30.0 Å². The summed E-state index contributed by atoms with van der Waals surface area (Å²) in [4.78, 5) is 20.5. The third kappa shape index (κ3) is 4.84. The molecule has 0 bridgehead atoms. The van der Waals surface area contributed by atoms with Crippen molar-refractivity contribution in [3.05, 3.63) is 0 Å². The van der Waals surface area contributed by atoms with Crippen molar-refractivity contribution in [1.82, 2.24) is 5.32 Å². The van der Waals surface area contributed by atoms with Gasteiger partial charge in [0.1, 0.15) is 18.3 Å². The monoisotopic (exact) mass is 221 g/mol. The molecule has 88 valence electrons. The van der Waals surface area contributed by atoms with Gasteiger partial charge in [0.2, 0.25) is 5.91 Å². The Morgan fingerprint density at radius 1 is 1.27 bits per heavy atom. The van der Waals surface area contributed by atoms with Crippen LogP contribution in [0.1, 0.15) is 6.92 Å². The molecule has 0 saturated carbocycles. The summed E-state index contributed by atoms with van der Waals surface area (Å²) in [5.41, 5.74) is 0. The Morgan fingerprint density at radius 3 is 2.20 bits per heavy atom. The predicted octanol–water partition coefficient (Wildman–Crippen LogP) is -3.24. The zero-order valence-electron chi connectivity index (χ0n) is 8.20. The fourth-order valence-electron chi connectivity index (χ4n) is 0.879. The van der Waals surface area contributed by atoms with Crippen LogP contribution in [0.3, 0.4) is 0 Å². The van der Waals surface area contributed by atoms with Crippen molar-refractivity contribution in [3.63, 3.8) is 0 Å². The van der Waals surface area contributed by atoms with Crippen LogP contribution in [0.15, 0.2) is 0 Å². The van der Waals surface area contributed by atoms with E-state index in [-0.39, 0.29) is 12.8 Å². The zero-order chi connectivity index (χ0) is 12.0. The summed E-state index contributed by atoms with van der Waals surface area (Å²) >= 11 is 0. The second-order valence-corrected chi connectivity index (χ2v) is 3.11. The predicted molar refractivity (Wildman–Crippen MR) is 48.8 cm³/mol. The van der Waals surface area contributed by atoms with E-state index in [4.69, 9.17) is 10.2 Å². The maximum atomic E-state index is 10.5. The number of nitrogens with one attached hydrogen (secondary N) is 1. The molecule has 0 aromatic rings. The largest absolute Gasteiger partial charge is 0.388 e. The van der Waals surface area contributed by atoms with E-state index in [1.54, 1.807) is 0 Å². The summed E-state index contributed by atoms with van der Waals surface area (Å²) in [6.45, 7) is 0.939. The number of carbonyl (C=O) groups excluding carboxylic acids is 2. The highest BCUT2D eigenvalue weighted by Gasteiger charge is 2.29. The lowest BCUT2D eigenvalue weighted by Crippen LogP contribution is -2.48. The summed E-state index contributed by atoms with van der Waals surface area (Å²) in [5.74, 6) is -0.410. The Kier molecular flexibility index (Phi) is 6.02. The second kappa shape index (κ2) is 6.46. The zero-order valence-corrected chi connectivity index (χ0v) is 8.20.